The number of aliphatic carboxylic acids is 1. The molecule has 108 valence electrons. The zero-order valence-electron chi connectivity index (χ0n) is 11.4. The fourth-order valence-corrected chi connectivity index (χ4v) is 3.69. The highest BCUT2D eigenvalue weighted by Crippen LogP contribution is 2.47. The van der Waals surface area contributed by atoms with Gasteiger partial charge in [0.25, 0.3) is 0 Å². The Morgan fingerprint density at radius 1 is 1.22 bits per heavy atom. The van der Waals surface area contributed by atoms with Gasteiger partial charge >= 0.3 is 13.6 Å². The van der Waals surface area contributed by atoms with E-state index in [0.717, 1.165) is 12.8 Å². The van der Waals surface area contributed by atoms with Gasteiger partial charge in [0.2, 0.25) is 0 Å². The largest absolute Gasteiger partial charge is 0.481 e. The number of unbranched alkanes of at least 4 members (excludes halogenated alkanes) is 1. The SMILES string of the molecule is CCCCC(CP(=O)(O)O)C(CC)(CC)C(=O)O. The van der Waals surface area contributed by atoms with Crippen LogP contribution in [0.15, 0.2) is 0 Å². The van der Waals surface area contributed by atoms with E-state index in [4.69, 9.17) is 9.79 Å². The van der Waals surface area contributed by atoms with Crippen molar-refractivity contribution in [2.45, 2.75) is 52.9 Å². The molecule has 1 unspecified atom stereocenters. The van der Waals surface area contributed by atoms with Crippen LogP contribution in [0.4, 0.5) is 0 Å². The molecule has 5 nitrogen and oxygen atoms in total. The molecule has 0 aliphatic heterocycles. The third kappa shape index (κ3) is 4.71. The lowest BCUT2D eigenvalue weighted by molar-refractivity contribution is -0.153. The van der Waals surface area contributed by atoms with Crippen LogP contribution in [0.3, 0.4) is 0 Å². The molecular weight excluding hydrogens is 255 g/mol. The van der Waals surface area contributed by atoms with Gasteiger partial charge in [-0.1, -0.05) is 33.6 Å². The Bertz CT molecular complexity index is 306. The van der Waals surface area contributed by atoms with E-state index in [1.165, 1.54) is 0 Å². The molecule has 0 spiro atoms. The smallest absolute Gasteiger partial charge is 0.325 e. The molecule has 0 aromatic heterocycles. The minimum absolute atomic E-state index is 0.332. The summed E-state index contributed by atoms with van der Waals surface area (Å²) < 4.78 is 11.2. The van der Waals surface area contributed by atoms with Crippen molar-refractivity contribution in [1.29, 1.82) is 0 Å². The van der Waals surface area contributed by atoms with Crippen molar-refractivity contribution in [1.82, 2.24) is 0 Å². The van der Waals surface area contributed by atoms with Crippen LogP contribution in [0.25, 0.3) is 0 Å². The summed E-state index contributed by atoms with van der Waals surface area (Å²) in [4.78, 5) is 29.8. The summed E-state index contributed by atoms with van der Waals surface area (Å²) in [6, 6.07) is 0. The van der Waals surface area contributed by atoms with Crippen LogP contribution in [-0.4, -0.2) is 27.0 Å². The average molecular weight is 280 g/mol. The second-order valence-electron chi connectivity index (χ2n) is 4.85. The van der Waals surface area contributed by atoms with Crippen molar-refractivity contribution in [3.05, 3.63) is 0 Å². The summed E-state index contributed by atoms with van der Waals surface area (Å²) in [5, 5.41) is 9.44. The molecule has 0 saturated carbocycles. The lowest BCUT2D eigenvalue weighted by Gasteiger charge is -2.36. The molecule has 0 aromatic carbocycles. The average Bonchev–Trinajstić information content (AvgIpc) is 2.25. The van der Waals surface area contributed by atoms with Crippen molar-refractivity contribution >= 4 is 13.6 Å². The number of carboxylic acid groups (broad SMARTS) is 1. The Labute approximate surface area is 109 Å². The standard InChI is InChI=1S/C12H25O5P/c1-4-7-8-10(9-18(15,16)17)12(5-2,6-3)11(13)14/h10H,4-9H2,1-3H3,(H,13,14)(H2,15,16,17). The number of carbonyl (C=O) groups is 1. The van der Waals surface area contributed by atoms with Crippen LogP contribution in [0, 0.1) is 11.3 Å². The van der Waals surface area contributed by atoms with Gasteiger partial charge in [-0.2, -0.15) is 0 Å². The monoisotopic (exact) mass is 280 g/mol. The molecule has 0 saturated heterocycles. The van der Waals surface area contributed by atoms with Gasteiger partial charge in [0, 0.05) is 0 Å². The summed E-state index contributed by atoms with van der Waals surface area (Å²) in [5.41, 5.74) is -1.02. The van der Waals surface area contributed by atoms with Crippen molar-refractivity contribution in [2.75, 3.05) is 6.16 Å². The Balaban J connectivity index is 5.22. The van der Waals surface area contributed by atoms with Gasteiger partial charge in [0.05, 0.1) is 11.6 Å². The van der Waals surface area contributed by atoms with E-state index < -0.39 is 24.9 Å². The van der Waals surface area contributed by atoms with Gasteiger partial charge in [-0.3, -0.25) is 9.36 Å². The van der Waals surface area contributed by atoms with Crippen molar-refractivity contribution < 1.29 is 24.3 Å². The number of carboxylic acids is 1. The van der Waals surface area contributed by atoms with Gasteiger partial charge < -0.3 is 14.9 Å². The highest BCUT2D eigenvalue weighted by atomic mass is 31.2. The van der Waals surface area contributed by atoms with Gasteiger partial charge in [-0.25, -0.2) is 0 Å². The first-order valence-corrected chi connectivity index (χ1v) is 8.31. The summed E-state index contributed by atoms with van der Waals surface area (Å²) in [7, 11) is -4.19. The highest BCUT2D eigenvalue weighted by Gasteiger charge is 2.44. The van der Waals surface area contributed by atoms with Gasteiger partial charge in [0.15, 0.2) is 0 Å². The van der Waals surface area contributed by atoms with E-state index in [9.17, 15) is 14.5 Å². The van der Waals surface area contributed by atoms with E-state index in [2.05, 4.69) is 0 Å². The Morgan fingerprint density at radius 3 is 2.00 bits per heavy atom. The summed E-state index contributed by atoms with van der Waals surface area (Å²) in [5.74, 6) is -1.41. The van der Waals surface area contributed by atoms with E-state index in [1.807, 2.05) is 6.92 Å². The predicted octanol–water partition coefficient (Wildman–Crippen LogP) is 2.86. The quantitative estimate of drug-likeness (QED) is 0.564. The van der Waals surface area contributed by atoms with Gasteiger partial charge in [-0.15, -0.1) is 0 Å². The third-order valence-electron chi connectivity index (χ3n) is 3.83. The fraction of sp³-hybridized carbons (Fsp3) is 0.917. The highest BCUT2D eigenvalue weighted by molar-refractivity contribution is 7.51. The molecule has 0 heterocycles. The van der Waals surface area contributed by atoms with Crippen molar-refractivity contribution in [2.24, 2.45) is 11.3 Å². The summed E-state index contributed by atoms with van der Waals surface area (Å²) >= 11 is 0. The molecule has 0 radical (unpaired) electrons. The minimum Gasteiger partial charge on any atom is -0.481 e. The van der Waals surface area contributed by atoms with Crippen LogP contribution in [-0.2, 0) is 9.36 Å². The number of rotatable bonds is 9. The second kappa shape index (κ2) is 7.27. The molecule has 0 amide bonds. The van der Waals surface area contributed by atoms with E-state index in [0.29, 0.717) is 19.3 Å². The molecule has 0 bridgehead atoms. The van der Waals surface area contributed by atoms with E-state index in [1.54, 1.807) is 13.8 Å². The molecule has 1 atom stereocenters. The first-order valence-electron chi connectivity index (χ1n) is 6.51. The Hall–Kier alpha value is -0.380. The summed E-state index contributed by atoms with van der Waals surface area (Å²) in [6.45, 7) is 5.53. The van der Waals surface area contributed by atoms with Gasteiger partial charge in [0.1, 0.15) is 0 Å². The van der Waals surface area contributed by atoms with Crippen LogP contribution >= 0.6 is 7.60 Å². The van der Waals surface area contributed by atoms with Crippen molar-refractivity contribution in [3.63, 3.8) is 0 Å². The lowest BCUT2D eigenvalue weighted by Crippen LogP contribution is -2.39. The van der Waals surface area contributed by atoms with Crippen molar-refractivity contribution in [3.8, 4) is 0 Å². The summed E-state index contributed by atoms with van der Waals surface area (Å²) in [6.07, 6.45) is 2.69. The second-order valence-corrected chi connectivity index (χ2v) is 6.55. The first-order chi connectivity index (χ1) is 8.23. The molecular formula is C12H25O5P. The van der Waals surface area contributed by atoms with E-state index in [-0.39, 0.29) is 6.16 Å². The van der Waals surface area contributed by atoms with Crippen LogP contribution in [0.1, 0.15) is 52.9 Å². The first kappa shape index (κ1) is 17.6. The normalized spacial score (nSPS) is 14.5. The fourth-order valence-electron chi connectivity index (χ4n) is 2.58. The zero-order chi connectivity index (χ0) is 14.4. The zero-order valence-corrected chi connectivity index (χ0v) is 12.3. The van der Waals surface area contributed by atoms with Crippen LogP contribution in [0.2, 0.25) is 0 Å². The molecule has 0 rings (SSSR count). The number of hydrogen-bond donors (Lipinski definition) is 3. The Morgan fingerprint density at radius 2 is 1.72 bits per heavy atom. The maximum absolute atomic E-state index is 11.5. The van der Waals surface area contributed by atoms with E-state index >= 15 is 0 Å². The molecule has 0 aliphatic carbocycles. The maximum Gasteiger partial charge on any atom is 0.325 e. The number of hydrogen-bond acceptors (Lipinski definition) is 2. The lowest BCUT2D eigenvalue weighted by atomic mass is 9.70. The molecule has 6 heteroatoms. The molecule has 0 aromatic rings. The maximum atomic E-state index is 11.5. The minimum atomic E-state index is -4.19. The molecule has 18 heavy (non-hydrogen) atoms. The third-order valence-corrected chi connectivity index (χ3v) is 4.75. The predicted molar refractivity (Wildman–Crippen MR) is 70.6 cm³/mol. The van der Waals surface area contributed by atoms with Gasteiger partial charge in [-0.05, 0) is 25.2 Å². The molecule has 0 aliphatic rings. The Kier molecular flexibility index (Phi) is 7.11. The topological polar surface area (TPSA) is 94.8 Å². The molecule has 3 N–H and O–H groups in total. The van der Waals surface area contributed by atoms with Crippen LogP contribution in [0.5, 0.6) is 0 Å². The molecule has 0 fully saturated rings. The van der Waals surface area contributed by atoms with Crippen LogP contribution < -0.4 is 0 Å².